The third-order valence-corrected chi connectivity index (χ3v) is 5.18. The molecule has 0 fully saturated rings. The zero-order valence-corrected chi connectivity index (χ0v) is 21.7. The molecule has 0 aliphatic heterocycles. The molecule has 1 amide bonds. The van der Waals surface area contributed by atoms with Gasteiger partial charge in [0.2, 0.25) is 5.91 Å². The Hall–Kier alpha value is -4.18. The first-order valence-electron chi connectivity index (χ1n) is 10.4. The molecule has 0 saturated carbocycles. The van der Waals surface area contributed by atoms with Crippen LogP contribution in [0.25, 0.3) is 0 Å². The molecule has 198 valence electrons. The minimum Gasteiger partial charge on any atom is -0.495 e. The summed E-state index contributed by atoms with van der Waals surface area (Å²) in [4.78, 5) is 45.0. The number of nitro benzene ring substituents is 2. The molecule has 0 bridgehead atoms. The maximum atomic E-state index is 12.2. The lowest BCUT2D eigenvalue weighted by molar-refractivity contribution is -0.393. The molecular formula is C21H23BrN6O9. The number of nitrogens with zero attached hydrogens (tertiary/aromatic N) is 4. The van der Waals surface area contributed by atoms with Crippen LogP contribution in [-0.2, 0) is 19.1 Å². The molecule has 0 aliphatic carbocycles. The van der Waals surface area contributed by atoms with Gasteiger partial charge < -0.3 is 24.8 Å². The van der Waals surface area contributed by atoms with Crippen molar-refractivity contribution < 1.29 is 33.6 Å². The third-order valence-electron chi connectivity index (χ3n) is 4.58. The van der Waals surface area contributed by atoms with Crippen molar-refractivity contribution in [3.8, 4) is 5.75 Å². The number of halogens is 1. The van der Waals surface area contributed by atoms with Gasteiger partial charge in [0.25, 0.3) is 5.69 Å². The largest absolute Gasteiger partial charge is 0.495 e. The smallest absolute Gasteiger partial charge is 0.328 e. The maximum Gasteiger partial charge on any atom is 0.328 e. The Kier molecular flexibility index (Phi) is 10.4. The van der Waals surface area contributed by atoms with Crippen LogP contribution in [-0.4, -0.2) is 55.2 Å². The molecule has 2 aromatic carbocycles. The van der Waals surface area contributed by atoms with E-state index in [4.69, 9.17) is 14.2 Å². The average Bonchev–Trinajstić information content (AvgIpc) is 2.83. The number of methoxy groups -OCH3 is 2. The monoisotopic (exact) mass is 582 g/mol. The van der Waals surface area contributed by atoms with Crippen LogP contribution in [0.3, 0.4) is 0 Å². The Balaban J connectivity index is 2.50. The van der Waals surface area contributed by atoms with Crippen molar-refractivity contribution in [1.82, 2.24) is 0 Å². The number of carbonyl (C=O) groups excluding carboxylic acids is 2. The van der Waals surface area contributed by atoms with E-state index in [1.165, 1.54) is 33.3 Å². The first-order valence-corrected chi connectivity index (χ1v) is 11.2. The number of nitro groups is 2. The van der Waals surface area contributed by atoms with Gasteiger partial charge in [-0.05, 0) is 28.9 Å². The quantitative estimate of drug-likeness (QED) is 0.117. The van der Waals surface area contributed by atoms with E-state index >= 15 is 0 Å². The van der Waals surface area contributed by atoms with E-state index < -0.39 is 39.1 Å². The molecular weight excluding hydrogens is 560 g/mol. The Bertz CT molecular complexity index is 1240. The molecule has 0 saturated heterocycles. The second-order valence-electron chi connectivity index (χ2n) is 7.29. The minimum absolute atomic E-state index is 0.0377. The first-order chi connectivity index (χ1) is 17.5. The summed E-state index contributed by atoms with van der Waals surface area (Å²) < 4.78 is 15.3. The SMILES string of the molecule is COCCOC(=O)[C@H](C)Nc1cc(NC(C)=O)c(N=Nc2c(Br)cc([N+](=O)[O-])cc2[N+](=O)[O-])cc1OC. The lowest BCUT2D eigenvalue weighted by Crippen LogP contribution is -2.29. The molecule has 2 aromatic rings. The summed E-state index contributed by atoms with van der Waals surface area (Å²) in [6.07, 6.45) is 0. The van der Waals surface area contributed by atoms with Crippen LogP contribution in [0.1, 0.15) is 13.8 Å². The summed E-state index contributed by atoms with van der Waals surface area (Å²) in [6, 6.07) is 3.82. The van der Waals surface area contributed by atoms with E-state index in [0.717, 1.165) is 12.1 Å². The molecule has 15 nitrogen and oxygen atoms in total. The normalized spacial score (nSPS) is 11.6. The van der Waals surface area contributed by atoms with Crippen molar-refractivity contribution >= 4 is 61.9 Å². The number of hydrogen-bond acceptors (Lipinski definition) is 12. The lowest BCUT2D eigenvalue weighted by atomic mass is 10.2. The van der Waals surface area contributed by atoms with E-state index in [9.17, 15) is 29.8 Å². The third kappa shape index (κ3) is 7.91. The van der Waals surface area contributed by atoms with Crippen molar-refractivity contribution in [3.63, 3.8) is 0 Å². The fourth-order valence-corrected chi connectivity index (χ4v) is 3.40. The van der Waals surface area contributed by atoms with Gasteiger partial charge in [-0.25, -0.2) is 4.79 Å². The van der Waals surface area contributed by atoms with Crippen LogP contribution in [0.15, 0.2) is 39.0 Å². The van der Waals surface area contributed by atoms with Gasteiger partial charge in [0.15, 0.2) is 5.69 Å². The summed E-state index contributed by atoms with van der Waals surface area (Å²) in [5.41, 5.74) is -0.949. The Labute approximate surface area is 218 Å². The van der Waals surface area contributed by atoms with Gasteiger partial charge in [-0.2, -0.15) is 0 Å². The minimum atomic E-state index is -0.832. The van der Waals surface area contributed by atoms with E-state index in [1.807, 2.05) is 0 Å². The van der Waals surface area contributed by atoms with Crippen molar-refractivity contribution in [3.05, 3.63) is 49.0 Å². The molecule has 0 aromatic heterocycles. The highest BCUT2D eigenvalue weighted by molar-refractivity contribution is 9.10. The fraction of sp³-hybridized carbons (Fsp3) is 0.333. The number of anilines is 2. The van der Waals surface area contributed by atoms with E-state index in [2.05, 4.69) is 36.8 Å². The number of hydrogen-bond donors (Lipinski definition) is 2. The van der Waals surface area contributed by atoms with Crippen molar-refractivity contribution in [2.24, 2.45) is 10.2 Å². The van der Waals surface area contributed by atoms with Gasteiger partial charge in [0, 0.05) is 26.2 Å². The summed E-state index contributed by atoms with van der Waals surface area (Å²) in [5.74, 6) is -0.807. The molecule has 0 unspecified atom stereocenters. The van der Waals surface area contributed by atoms with Gasteiger partial charge in [-0.1, -0.05) is 0 Å². The molecule has 16 heteroatoms. The van der Waals surface area contributed by atoms with Gasteiger partial charge in [-0.3, -0.25) is 25.0 Å². The summed E-state index contributed by atoms with van der Waals surface area (Å²) in [5, 5.41) is 36.0. The number of ether oxygens (including phenoxy) is 3. The van der Waals surface area contributed by atoms with Crippen molar-refractivity contribution in [1.29, 1.82) is 0 Å². The number of carbonyl (C=O) groups is 2. The topological polar surface area (TPSA) is 197 Å². The Morgan fingerprint density at radius 2 is 1.76 bits per heavy atom. The molecule has 0 radical (unpaired) electrons. The highest BCUT2D eigenvalue weighted by Gasteiger charge is 2.24. The molecule has 37 heavy (non-hydrogen) atoms. The molecule has 1 atom stereocenters. The highest BCUT2D eigenvalue weighted by atomic mass is 79.9. The molecule has 2 rings (SSSR count). The molecule has 0 spiro atoms. The number of esters is 1. The van der Waals surface area contributed by atoms with Gasteiger partial charge in [-0.15, -0.1) is 10.2 Å². The molecule has 2 N–H and O–H groups in total. The van der Waals surface area contributed by atoms with Crippen LogP contribution in [0.5, 0.6) is 5.75 Å². The van der Waals surface area contributed by atoms with Crippen LogP contribution in [0, 0.1) is 20.2 Å². The predicted octanol–water partition coefficient (Wildman–Crippen LogP) is 4.64. The van der Waals surface area contributed by atoms with E-state index in [0.29, 0.717) is 5.69 Å². The second kappa shape index (κ2) is 13.2. The van der Waals surface area contributed by atoms with Crippen LogP contribution < -0.4 is 15.4 Å². The zero-order chi connectivity index (χ0) is 27.7. The standard InChI is InChI=1S/C21H23BrN6O9/c1-11(21(30)37-6-5-35-3)23-17-9-15(24-12(2)29)16(10-19(17)36-4)25-26-20-14(22)7-13(27(31)32)8-18(20)28(33)34/h7-11,23H,5-6H2,1-4H3,(H,24,29)/t11-/m0/s1. The Morgan fingerprint density at radius 3 is 2.32 bits per heavy atom. The number of amides is 1. The second-order valence-corrected chi connectivity index (χ2v) is 8.14. The summed E-state index contributed by atoms with van der Waals surface area (Å²) in [7, 11) is 2.83. The lowest BCUT2D eigenvalue weighted by Gasteiger charge is -2.18. The van der Waals surface area contributed by atoms with E-state index in [-0.39, 0.29) is 40.5 Å². The maximum absolute atomic E-state index is 12.2. The number of non-ortho nitro benzene ring substituents is 1. The van der Waals surface area contributed by atoms with Crippen LogP contribution in [0.2, 0.25) is 0 Å². The highest BCUT2D eigenvalue weighted by Crippen LogP contribution is 2.42. The van der Waals surface area contributed by atoms with Crippen LogP contribution in [0.4, 0.5) is 34.1 Å². The fourth-order valence-electron chi connectivity index (χ4n) is 2.88. The summed E-state index contributed by atoms with van der Waals surface area (Å²) >= 11 is 3.05. The molecule has 0 aliphatic rings. The summed E-state index contributed by atoms with van der Waals surface area (Å²) in [6.45, 7) is 3.12. The Morgan fingerprint density at radius 1 is 1.05 bits per heavy atom. The van der Waals surface area contributed by atoms with Gasteiger partial charge >= 0.3 is 11.7 Å². The first kappa shape index (κ1) is 29.1. The van der Waals surface area contributed by atoms with Crippen LogP contribution >= 0.6 is 15.9 Å². The molecule has 0 heterocycles. The van der Waals surface area contributed by atoms with Gasteiger partial charge in [0.1, 0.15) is 24.1 Å². The van der Waals surface area contributed by atoms with Crippen molar-refractivity contribution in [2.45, 2.75) is 19.9 Å². The average molecular weight is 583 g/mol. The predicted molar refractivity (Wildman–Crippen MR) is 135 cm³/mol. The zero-order valence-electron chi connectivity index (χ0n) is 20.1. The number of benzene rings is 2. The number of azo groups is 1. The number of rotatable bonds is 12. The van der Waals surface area contributed by atoms with E-state index in [1.54, 1.807) is 6.92 Å². The number of nitrogens with one attached hydrogen (secondary N) is 2. The van der Waals surface area contributed by atoms with Gasteiger partial charge in [0.05, 0.1) is 45.5 Å². The van der Waals surface area contributed by atoms with Crippen molar-refractivity contribution in [2.75, 3.05) is 38.1 Å².